The highest BCUT2D eigenvalue weighted by atomic mass is 16.5. The highest BCUT2D eigenvalue weighted by Gasteiger charge is 2.11. The molecular formula is C12H18N6O2. The number of aromatic nitrogens is 6. The Morgan fingerprint density at radius 3 is 2.80 bits per heavy atom. The fourth-order valence-electron chi connectivity index (χ4n) is 1.86. The van der Waals surface area contributed by atoms with Gasteiger partial charge < -0.3 is 4.74 Å². The first kappa shape index (κ1) is 14.2. The van der Waals surface area contributed by atoms with Crippen molar-refractivity contribution in [1.82, 2.24) is 30.0 Å². The van der Waals surface area contributed by atoms with Crippen LogP contribution in [0.25, 0.3) is 0 Å². The molecule has 0 saturated heterocycles. The van der Waals surface area contributed by atoms with Crippen LogP contribution < -0.4 is 0 Å². The molecule has 8 nitrogen and oxygen atoms in total. The molecular weight excluding hydrogens is 260 g/mol. The molecule has 2 heterocycles. The van der Waals surface area contributed by atoms with Gasteiger partial charge in [-0.1, -0.05) is 6.92 Å². The predicted molar refractivity (Wildman–Crippen MR) is 69.6 cm³/mol. The molecule has 0 fully saturated rings. The number of carbonyl (C=O) groups excluding carboxylic acids is 1. The van der Waals surface area contributed by atoms with E-state index in [-0.39, 0.29) is 19.1 Å². The predicted octanol–water partition coefficient (Wildman–Crippen LogP) is 0.640. The first-order chi connectivity index (χ1) is 9.60. The maximum Gasteiger partial charge on any atom is 0.328 e. The van der Waals surface area contributed by atoms with Crippen molar-refractivity contribution in [2.24, 2.45) is 0 Å². The van der Waals surface area contributed by atoms with Gasteiger partial charge in [-0.25, -0.2) is 4.68 Å². The number of esters is 1. The zero-order valence-electron chi connectivity index (χ0n) is 11.9. The highest BCUT2D eigenvalue weighted by molar-refractivity contribution is 5.69. The number of nitrogens with zero attached hydrogens (tertiary/aromatic N) is 6. The summed E-state index contributed by atoms with van der Waals surface area (Å²) >= 11 is 0. The minimum Gasteiger partial charge on any atom is -0.456 e. The summed E-state index contributed by atoms with van der Waals surface area (Å²) in [6, 6.07) is 1.91. The summed E-state index contributed by atoms with van der Waals surface area (Å²) in [6.07, 6.45) is 0.914. The molecule has 0 atom stereocenters. The molecule has 0 bridgehead atoms. The zero-order chi connectivity index (χ0) is 14.5. The van der Waals surface area contributed by atoms with Gasteiger partial charge in [0, 0.05) is 12.2 Å². The Labute approximate surface area is 116 Å². The fraction of sp³-hybridized carbons (Fsp3) is 0.583. The Morgan fingerprint density at radius 1 is 1.35 bits per heavy atom. The van der Waals surface area contributed by atoms with Crippen LogP contribution in [-0.4, -0.2) is 36.0 Å². The van der Waals surface area contributed by atoms with Crippen LogP contribution in [0.2, 0.25) is 0 Å². The molecule has 0 aliphatic heterocycles. The zero-order valence-corrected chi connectivity index (χ0v) is 11.9. The molecule has 108 valence electrons. The van der Waals surface area contributed by atoms with Gasteiger partial charge in [-0.3, -0.25) is 9.48 Å². The largest absolute Gasteiger partial charge is 0.456 e. The molecule has 0 aromatic carbocycles. The molecule has 0 unspecified atom stereocenters. The lowest BCUT2D eigenvalue weighted by atomic mass is 10.4. The van der Waals surface area contributed by atoms with E-state index in [4.69, 9.17) is 4.74 Å². The van der Waals surface area contributed by atoms with Gasteiger partial charge in [0.05, 0.1) is 5.69 Å². The maximum absolute atomic E-state index is 11.8. The SMILES string of the molecule is CCCn1nnnc1COC(=O)Cn1nc(C)cc1C. The van der Waals surface area contributed by atoms with Crippen molar-refractivity contribution >= 4 is 5.97 Å². The molecule has 8 heteroatoms. The summed E-state index contributed by atoms with van der Waals surface area (Å²) in [5, 5.41) is 15.5. The number of carbonyl (C=O) groups is 1. The number of rotatable bonds is 6. The van der Waals surface area contributed by atoms with Gasteiger partial charge in [0.15, 0.2) is 12.4 Å². The van der Waals surface area contributed by atoms with Crippen molar-refractivity contribution in [3.63, 3.8) is 0 Å². The van der Waals surface area contributed by atoms with E-state index in [9.17, 15) is 4.79 Å². The van der Waals surface area contributed by atoms with E-state index in [0.717, 1.165) is 17.8 Å². The maximum atomic E-state index is 11.8. The average molecular weight is 278 g/mol. The van der Waals surface area contributed by atoms with Gasteiger partial charge in [-0.2, -0.15) is 5.10 Å². The normalized spacial score (nSPS) is 10.8. The van der Waals surface area contributed by atoms with Crippen molar-refractivity contribution in [1.29, 1.82) is 0 Å². The number of hydrogen-bond acceptors (Lipinski definition) is 6. The van der Waals surface area contributed by atoms with Crippen molar-refractivity contribution < 1.29 is 9.53 Å². The van der Waals surface area contributed by atoms with Crippen molar-refractivity contribution in [2.75, 3.05) is 0 Å². The molecule has 0 amide bonds. The van der Waals surface area contributed by atoms with E-state index in [1.807, 2.05) is 26.8 Å². The van der Waals surface area contributed by atoms with Crippen LogP contribution in [0.4, 0.5) is 0 Å². The third-order valence-corrected chi connectivity index (χ3v) is 2.79. The molecule has 0 radical (unpaired) electrons. The number of ether oxygens (including phenoxy) is 1. The number of tetrazole rings is 1. The van der Waals surface area contributed by atoms with Crippen LogP contribution >= 0.6 is 0 Å². The number of aryl methyl sites for hydroxylation is 3. The molecule has 2 aromatic heterocycles. The lowest BCUT2D eigenvalue weighted by Gasteiger charge is -2.06. The van der Waals surface area contributed by atoms with E-state index >= 15 is 0 Å². The summed E-state index contributed by atoms with van der Waals surface area (Å²) < 4.78 is 8.43. The molecule has 0 N–H and O–H groups in total. The van der Waals surface area contributed by atoms with Gasteiger partial charge in [0.1, 0.15) is 6.54 Å². The van der Waals surface area contributed by atoms with Crippen molar-refractivity contribution in [3.05, 3.63) is 23.3 Å². The van der Waals surface area contributed by atoms with Gasteiger partial charge in [-0.05, 0) is 36.8 Å². The molecule has 20 heavy (non-hydrogen) atoms. The second-order valence-corrected chi connectivity index (χ2v) is 4.56. The molecule has 2 aromatic rings. The smallest absolute Gasteiger partial charge is 0.328 e. The third-order valence-electron chi connectivity index (χ3n) is 2.79. The summed E-state index contributed by atoms with van der Waals surface area (Å²) in [5.41, 5.74) is 1.80. The third kappa shape index (κ3) is 3.40. The van der Waals surface area contributed by atoms with Crippen molar-refractivity contribution in [3.8, 4) is 0 Å². The van der Waals surface area contributed by atoms with Crippen LogP contribution in [0.1, 0.15) is 30.6 Å². The van der Waals surface area contributed by atoms with Crippen LogP contribution in [0, 0.1) is 13.8 Å². The van der Waals surface area contributed by atoms with E-state index in [1.54, 1.807) is 9.36 Å². The Morgan fingerprint density at radius 2 is 2.15 bits per heavy atom. The topological polar surface area (TPSA) is 87.7 Å². The Bertz CT molecular complexity index is 589. The first-order valence-electron chi connectivity index (χ1n) is 6.52. The van der Waals surface area contributed by atoms with Gasteiger partial charge >= 0.3 is 5.97 Å². The van der Waals surface area contributed by atoms with Crippen LogP contribution in [0.3, 0.4) is 0 Å². The summed E-state index contributed by atoms with van der Waals surface area (Å²) in [4.78, 5) is 11.8. The Hall–Kier alpha value is -2.25. The van der Waals surface area contributed by atoms with E-state index in [2.05, 4.69) is 20.6 Å². The lowest BCUT2D eigenvalue weighted by Crippen LogP contribution is -2.17. The minimum absolute atomic E-state index is 0.0745. The molecule has 2 rings (SSSR count). The second-order valence-electron chi connectivity index (χ2n) is 4.56. The standard InChI is InChI=1S/C12H18N6O2/c1-4-5-17-11(13-15-16-17)8-20-12(19)7-18-10(3)6-9(2)14-18/h6H,4-5,7-8H2,1-3H3. The summed E-state index contributed by atoms with van der Waals surface area (Å²) in [6.45, 7) is 6.68. The van der Waals surface area contributed by atoms with E-state index < -0.39 is 0 Å². The molecule has 0 aliphatic rings. The fourth-order valence-corrected chi connectivity index (χ4v) is 1.86. The Kier molecular flexibility index (Phi) is 4.44. The van der Waals surface area contributed by atoms with Gasteiger partial charge in [-0.15, -0.1) is 5.10 Å². The summed E-state index contributed by atoms with van der Waals surface area (Å²) in [5.74, 6) is 0.191. The second kappa shape index (κ2) is 6.27. The van der Waals surface area contributed by atoms with Crippen molar-refractivity contribution in [2.45, 2.75) is 46.9 Å². The monoisotopic (exact) mass is 278 g/mol. The molecule has 0 aliphatic carbocycles. The molecule has 0 spiro atoms. The summed E-state index contributed by atoms with van der Waals surface area (Å²) in [7, 11) is 0. The van der Waals surface area contributed by atoms with Crippen LogP contribution in [0.15, 0.2) is 6.07 Å². The lowest BCUT2D eigenvalue weighted by molar-refractivity contribution is -0.146. The number of hydrogen-bond donors (Lipinski definition) is 0. The minimum atomic E-state index is -0.359. The Balaban J connectivity index is 1.89. The first-order valence-corrected chi connectivity index (χ1v) is 6.52. The van der Waals surface area contributed by atoms with Gasteiger partial charge in [0.25, 0.3) is 0 Å². The van der Waals surface area contributed by atoms with Gasteiger partial charge in [0.2, 0.25) is 0 Å². The van der Waals surface area contributed by atoms with E-state index in [1.165, 1.54) is 0 Å². The quantitative estimate of drug-likeness (QED) is 0.720. The van der Waals surface area contributed by atoms with Crippen LogP contribution in [0.5, 0.6) is 0 Å². The average Bonchev–Trinajstić information content (AvgIpc) is 2.95. The van der Waals surface area contributed by atoms with Crippen LogP contribution in [-0.2, 0) is 29.2 Å². The molecule has 0 saturated carbocycles. The van der Waals surface area contributed by atoms with E-state index in [0.29, 0.717) is 12.4 Å². The highest BCUT2D eigenvalue weighted by Crippen LogP contribution is 2.03.